The van der Waals surface area contributed by atoms with E-state index in [9.17, 15) is 5.26 Å². The van der Waals surface area contributed by atoms with E-state index in [1.807, 2.05) is 36.4 Å². The van der Waals surface area contributed by atoms with Crippen LogP contribution in [0.3, 0.4) is 0 Å². The topological polar surface area (TPSA) is 96.2 Å². The lowest BCUT2D eigenvalue weighted by atomic mass is 10.1. The number of nitriles is 1. The fourth-order valence-electron chi connectivity index (χ4n) is 3.92. The molecule has 3 aromatic rings. The maximum absolute atomic E-state index is 9.66. The Kier molecular flexibility index (Phi) is 6.42. The minimum absolute atomic E-state index is 0.0810. The van der Waals surface area contributed by atoms with E-state index in [0.29, 0.717) is 30.5 Å². The molecule has 1 aromatic carbocycles. The average molecular weight is 443 g/mol. The molecule has 0 bridgehead atoms. The molecule has 5 rings (SSSR count). The summed E-state index contributed by atoms with van der Waals surface area (Å²) in [5.74, 6) is 1.08. The SMILES string of the molecule is N#Cc1cc(-c2ccnc(Nc3ccc(CN4CCC4)nc3)n2)ccc1OC1CCOCC1. The largest absolute Gasteiger partial charge is 0.489 e. The van der Waals surface area contributed by atoms with E-state index in [1.165, 1.54) is 6.42 Å². The van der Waals surface area contributed by atoms with E-state index in [4.69, 9.17) is 9.47 Å². The molecule has 8 nitrogen and oxygen atoms in total. The van der Waals surface area contributed by atoms with E-state index in [1.54, 1.807) is 12.4 Å². The van der Waals surface area contributed by atoms with Crippen LogP contribution in [0.5, 0.6) is 5.75 Å². The minimum Gasteiger partial charge on any atom is -0.489 e. The summed E-state index contributed by atoms with van der Waals surface area (Å²) in [4.78, 5) is 15.9. The van der Waals surface area contributed by atoms with Gasteiger partial charge in [-0.1, -0.05) is 0 Å². The molecule has 2 aromatic heterocycles. The third-order valence-corrected chi connectivity index (χ3v) is 5.93. The number of nitrogens with one attached hydrogen (secondary N) is 1. The van der Waals surface area contributed by atoms with Crippen LogP contribution in [0.15, 0.2) is 48.8 Å². The van der Waals surface area contributed by atoms with Gasteiger partial charge < -0.3 is 14.8 Å². The summed E-state index contributed by atoms with van der Waals surface area (Å²) in [7, 11) is 0. The molecule has 2 aliphatic heterocycles. The highest BCUT2D eigenvalue weighted by molar-refractivity contribution is 5.65. The van der Waals surface area contributed by atoms with E-state index in [2.05, 4.69) is 31.2 Å². The number of anilines is 2. The molecule has 8 heteroatoms. The zero-order valence-electron chi connectivity index (χ0n) is 18.4. The standard InChI is InChI=1S/C25H26N6O2/c26-15-19-14-18(2-5-24(19)33-22-7-12-32-13-8-22)23-6-9-27-25(30-23)29-20-3-4-21(28-16-20)17-31-10-1-11-31/h2-6,9,14,16,22H,1,7-8,10-13,17H2,(H,27,29,30). The normalized spacial score (nSPS) is 16.6. The predicted molar refractivity (Wildman–Crippen MR) is 124 cm³/mol. The van der Waals surface area contributed by atoms with Crippen LogP contribution in [0, 0.1) is 11.3 Å². The molecule has 0 atom stereocenters. The fourth-order valence-corrected chi connectivity index (χ4v) is 3.92. The summed E-state index contributed by atoms with van der Waals surface area (Å²) >= 11 is 0. The lowest BCUT2D eigenvalue weighted by Gasteiger charge is -2.30. The monoisotopic (exact) mass is 442 g/mol. The summed E-state index contributed by atoms with van der Waals surface area (Å²) in [6.45, 7) is 4.58. The van der Waals surface area contributed by atoms with Gasteiger partial charge in [-0.15, -0.1) is 0 Å². The van der Waals surface area contributed by atoms with Crippen LogP contribution in [0.2, 0.25) is 0 Å². The highest BCUT2D eigenvalue weighted by Gasteiger charge is 2.18. The molecular weight excluding hydrogens is 416 g/mol. The zero-order chi connectivity index (χ0) is 22.5. The first-order chi connectivity index (χ1) is 16.3. The second-order valence-electron chi connectivity index (χ2n) is 8.31. The Morgan fingerprint density at radius 1 is 1.12 bits per heavy atom. The molecule has 2 aliphatic rings. The van der Waals surface area contributed by atoms with Crippen molar-refractivity contribution in [1.29, 1.82) is 5.26 Å². The second-order valence-corrected chi connectivity index (χ2v) is 8.31. The molecule has 1 N–H and O–H groups in total. The molecule has 33 heavy (non-hydrogen) atoms. The Bertz CT molecular complexity index is 1130. The van der Waals surface area contributed by atoms with Crippen LogP contribution >= 0.6 is 0 Å². The molecule has 0 radical (unpaired) electrons. The van der Waals surface area contributed by atoms with E-state index in [0.717, 1.165) is 55.1 Å². The van der Waals surface area contributed by atoms with Crippen molar-refractivity contribution in [3.63, 3.8) is 0 Å². The van der Waals surface area contributed by atoms with Gasteiger partial charge in [0.05, 0.1) is 42.0 Å². The lowest BCUT2D eigenvalue weighted by Crippen LogP contribution is -2.36. The number of pyridine rings is 1. The minimum atomic E-state index is 0.0810. The van der Waals surface area contributed by atoms with Crippen LogP contribution in [0.25, 0.3) is 11.3 Å². The van der Waals surface area contributed by atoms with Crippen molar-refractivity contribution in [2.24, 2.45) is 0 Å². The highest BCUT2D eigenvalue weighted by Crippen LogP contribution is 2.28. The number of benzene rings is 1. The second kappa shape index (κ2) is 9.94. The first kappa shape index (κ1) is 21.3. The lowest BCUT2D eigenvalue weighted by molar-refractivity contribution is 0.0254. The Labute approximate surface area is 193 Å². The summed E-state index contributed by atoms with van der Waals surface area (Å²) < 4.78 is 11.4. The molecule has 0 aliphatic carbocycles. The maximum Gasteiger partial charge on any atom is 0.227 e. The highest BCUT2D eigenvalue weighted by atomic mass is 16.5. The number of hydrogen-bond donors (Lipinski definition) is 1. The number of rotatable bonds is 7. The Hall–Kier alpha value is -3.54. The summed E-state index contributed by atoms with van der Waals surface area (Å²) in [5, 5.41) is 12.9. The molecule has 0 saturated carbocycles. The van der Waals surface area contributed by atoms with Crippen LogP contribution in [-0.4, -0.2) is 52.3 Å². The average Bonchev–Trinajstić information content (AvgIpc) is 2.83. The fraction of sp³-hybridized carbons (Fsp3) is 0.360. The molecule has 0 spiro atoms. The molecule has 0 unspecified atom stereocenters. The Balaban J connectivity index is 1.28. The van der Waals surface area contributed by atoms with Gasteiger partial charge in [0.25, 0.3) is 0 Å². The Morgan fingerprint density at radius 3 is 2.73 bits per heavy atom. The summed E-state index contributed by atoms with van der Waals surface area (Å²) in [6.07, 6.45) is 6.53. The molecular formula is C25H26N6O2. The van der Waals surface area contributed by atoms with Gasteiger partial charge in [0.1, 0.15) is 17.9 Å². The third-order valence-electron chi connectivity index (χ3n) is 5.93. The quantitative estimate of drug-likeness (QED) is 0.588. The van der Waals surface area contributed by atoms with Crippen LogP contribution in [-0.2, 0) is 11.3 Å². The molecule has 2 saturated heterocycles. The number of ether oxygens (including phenoxy) is 2. The van der Waals surface area contributed by atoms with Crippen molar-refractivity contribution in [2.45, 2.75) is 31.9 Å². The van der Waals surface area contributed by atoms with Crippen LogP contribution in [0.1, 0.15) is 30.5 Å². The van der Waals surface area contributed by atoms with Crippen molar-refractivity contribution in [3.05, 3.63) is 60.0 Å². The van der Waals surface area contributed by atoms with Gasteiger partial charge in [-0.3, -0.25) is 9.88 Å². The maximum atomic E-state index is 9.66. The summed E-state index contributed by atoms with van der Waals surface area (Å²) in [6, 6.07) is 13.7. The van der Waals surface area contributed by atoms with Gasteiger partial charge in [0, 0.05) is 31.1 Å². The van der Waals surface area contributed by atoms with Crippen molar-refractivity contribution in [2.75, 3.05) is 31.6 Å². The number of nitrogens with zero attached hydrogens (tertiary/aromatic N) is 5. The van der Waals surface area contributed by atoms with Gasteiger partial charge in [-0.05, 0) is 55.9 Å². The third kappa shape index (κ3) is 5.28. The molecule has 2 fully saturated rings. The zero-order valence-corrected chi connectivity index (χ0v) is 18.4. The van der Waals surface area contributed by atoms with Gasteiger partial charge in [0.15, 0.2) is 0 Å². The van der Waals surface area contributed by atoms with Gasteiger partial charge in [0.2, 0.25) is 5.95 Å². The van der Waals surface area contributed by atoms with Crippen molar-refractivity contribution in [1.82, 2.24) is 19.9 Å². The van der Waals surface area contributed by atoms with E-state index >= 15 is 0 Å². The number of hydrogen-bond acceptors (Lipinski definition) is 8. The van der Waals surface area contributed by atoms with Crippen molar-refractivity contribution in [3.8, 4) is 23.1 Å². The van der Waals surface area contributed by atoms with Crippen LogP contribution in [0.4, 0.5) is 11.6 Å². The van der Waals surface area contributed by atoms with E-state index < -0.39 is 0 Å². The first-order valence-corrected chi connectivity index (χ1v) is 11.3. The summed E-state index contributed by atoms with van der Waals surface area (Å²) in [5.41, 5.74) is 3.94. The van der Waals surface area contributed by atoms with Crippen LogP contribution < -0.4 is 10.1 Å². The van der Waals surface area contributed by atoms with Crippen molar-refractivity contribution < 1.29 is 9.47 Å². The Morgan fingerprint density at radius 2 is 2.00 bits per heavy atom. The van der Waals surface area contributed by atoms with E-state index in [-0.39, 0.29) is 6.10 Å². The predicted octanol–water partition coefficient (Wildman–Crippen LogP) is 3.92. The smallest absolute Gasteiger partial charge is 0.227 e. The molecule has 168 valence electrons. The molecule has 0 amide bonds. The molecule has 4 heterocycles. The van der Waals surface area contributed by atoms with Gasteiger partial charge >= 0.3 is 0 Å². The first-order valence-electron chi connectivity index (χ1n) is 11.3. The van der Waals surface area contributed by atoms with Gasteiger partial charge in [-0.25, -0.2) is 9.97 Å². The van der Waals surface area contributed by atoms with Crippen molar-refractivity contribution >= 4 is 11.6 Å². The number of aromatic nitrogens is 3. The van der Waals surface area contributed by atoms with Gasteiger partial charge in [-0.2, -0.15) is 5.26 Å². The number of likely N-dealkylation sites (tertiary alicyclic amines) is 1.